The first-order valence-electron chi connectivity index (χ1n) is 11.5. The van der Waals surface area contributed by atoms with Crippen LogP contribution in [-0.2, 0) is 11.2 Å². The van der Waals surface area contributed by atoms with Crippen LogP contribution in [0.3, 0.4) is 0 Å². The molecular formula is C24H31N5O3. The molecule has 0 unspecified atom stereocenters. The molecule has 1 amide bonds. The van der Waals surface area contributed by atoms with Gasteiger partial charge in [-0.25, -0.2) is 9.97 Å². The van der Waals surface area contributed by atoms with Crippen molar-refractivity contribution in [2.24, 2.45) is 5.92 Å². The summed E-state index contributed by atoms with van der Waals surface area (Å²) in [6.45, 7) is 6.86. The van der Waals surface area contributed by atoms with E-state index in [9.17, 15) is 4.79 Å². The fraction of sp³-hybridized carbons (Fsp3) is 0.542. The largest absolute Gasteiger partial charge is 0.361 e. The maximum atomic E-state index is 12.2. The van der Waals surface area contributed by atoms with Crippen LogP contribution in [0.25, 0.3) is 11.3 Å². The van der Waals surface area contributed by atoms with Gasteiger partial charge in [-0.1, -0.05) is 24.2 Å². The molecule has 1 fully saturated rings. The van der Waals surface area contributed by atoms with E-state index < -0.39 is 0 Å². The Morgan fingerprint density at radius 2 is 2.03 bits per heavy atom. The summed E-state index contributed by atoms with van der Waals surface area (Å²) in [5.41, 5.74) is 2.86. The molecule has 3 heterocycles. The highest BCUT2D eigenvalue weighted by Gasteiger charge is 2.27. The first kappa shape index (κ1) is 22.2. The van der Waals surface area contributed by atoms with E-state index in [1.807, 2.05) is 19.2 Å². The molecule has 1 N–H and O–H groups in total. The third-order valence-corrected chi connectivity index (χ3v) is 6.16. The number of amides is 1. The second-order valence-electron chi connectivity index (χ2n) is 9.01. The maximum Gasteiger partial charge on any atom is 0.220 e. The standard InChI is InChI=1S/C24H31N5O3/c1-15(2)24-26-14-20(21-12-16(3)29-32-21)23(28-24)18-6-4-17(5-7-18)13-25-22(30)9-8-19-10-11-27-31-19/h10-12,14-15,17-18H,4-9,13H2,1-3H3,(H,25,30). The minimum absolute atomic E-state index is 0.0591. The van der Waals surface area contributed by atoms with Gasteiger partial charge in [-0.15, -0.1) is 0 Å². The second-order valence-corrected chi connectivity index (χ2v) is 9.01. The fourth-order valence-electron chi connectivity index (χ4n) is 4.27. The van der Waals surface area contributed by atoms with Gasteiger partial charge in [0.1, 0.15) is 11.6 Å². The highest BCUT2D eigenvalue weighted by molar-refractivity contribution is 5.76. The molecule has 8 nitrogen and oxygen atoms in total. The summed E-state index contributed by atoms with van der Waals surface area (Å²) >= 11 is 0. The molecule has 8 heteroatoms. The van der Waals surface area contributed by atoms with E-state index >= 15 is 0 Å². The molecule has 1 saturated carbocycles. The quantitative estimate of drug-likeness (QED) is 0.550. The minimum Gasteiger partial charge on any atom is -0.361 e. The highest BCUT2D eigenvalue weighted by atomic mass is 16.5. The Morgan fingerprint density at radius 3 is 2.69 bits per heavy atom. The predicted molar refractivity (Wildman–Crippen MR) is 119 cm³/mol. The summed E-state index contributed by atoms with van der Waals surface area (Å²) in [6.07, 6.45) is 8.67. The topological polar surface area (TPSA) is 107 Å². The van der Waals surface area contributed by atoms with Crippen molar-refractivity contribution in [2.45, 2.75) is 71.1 Å². The van der Waals surface area contributed by atoms with Gasteiger partial charge in [0, 0.05) is 49.6 Å². The third kappa shape index (κ3) is 5.41. The van der Waals surface area contributed by atoms with Crippen molar-refractivity contribution in [3.8, 4) is 11.3 Å². The Hall–Kier alpha value is -3.03. The van der Waals surface area contributed by atoms with E-state index in [-0.39, 0.29) is 11.8 Å². The van der Waals surface area contributed by atoms with Gasteiger partial charge in [-0.3, -0.25) is 4.79 Å². The number of hydrogen-bond acceptors (Lipinski definition) is 7. The molecule has 0 bridgehead atoms. The zero-order valence-electron chi connectivity index (χ0n) is 19.0. The number of carbonyl (C=O) groups excluding carboxylic acids is 1. The molecule has 0 aromatic carbocycles. The van der Waals surface area contributed by atoms with Gasteiger partial charge < -0.3 is 14.4 Å². The average molecular weight is 438 g/mol. The Bertz CT molecular complexity index is 1020. The Labute approximate surface area is 188 Å². The van der Waals surface area contributed by atoms with Crippen molar-refractivity contribution < 1.29 is 13.8 Å². The first-order chi connectivity index (χ1) is 15.5. The molecule has 0 radical (unpaired) electrons. The summed E-state index contributed by atoms with van der Waals surface area (Å²) in [7, 11) is 0. The summed E-state index contributed by atoms with van der Waals surface area (Å²) in [5.74, 6) is 3.50. The van der Waals surface area contributed by atoms with E-state index in [0.29, 0.717) is 24.7 Å². The van der Waals surface area contributed by atoms with E-state index in [0.717, 1.165) is 66.5 Å². The van der Waals surface area contributed by atoms with Crippen LogP contribution in [0.2, 0.25) is 0 Å². The highest BCUT2D eigenvalue weighted by Crippen LogP contribution is 2.39. The lowest BCUT2D eigenvalue weighted by Crippen LogP contribution is -2.31. The van der Waals surface area contributed by atoms with Crippen molar-refractivity contribution in [2.75, 3.05) is 6.54 Å². The molecule has 3 aromatic rings. The Balaban J connectivity index is 1.35. The molecule has 1 aliphatic rings. The zero-order chi connectivity index (χ0) is 22.5. The van der Waals surface area contributed by atoms with Gasteiger partial charge >= 0.3 is 0 Å². The molecule has 0 aliphatic heterocycles. The molecule has 0 saturated heterocycles. The molecule has 0 atom stereocenters. The molecule has 4 rings (SSSR count). The Kier molecular flexibility index (Phi) is 6.97. The Morgan fingerprint density at radius 1 is 1.22 bits per heavy atom. The van der Waals surface area contributed by atoms with Crippen molar-refractivity contribution in [1.29, 1.82) is 0 Å². The molecule has 0 spiro atoms. The molecular weight excluding hydrogens is 406 g/mol. The first-order valence-corrected chi connectivity index (χ1v) is 11.5. The molecule has 1 aliphatic carbocycles. The van der Waals surface area contributed by atoms with Gasteiger partial charge in [-0.05, 0) is 38.5 Å². The van der Waals surface area contributed by atoms with Crippen LogP contribution in [0.5, 0.6) is 0 Å². The van der Waals surface area contributed by atoms with E-state index in [4.69, 9.17) is 14.0 Å². The van der Waals surface area contributed by atoms with Crippen molar-refractivity contribution in [1.82, 2.24) is 25.6 Å². The summed E-state index contributed by atoms with van der Waals surface area (Å²) < 4.78 is 10.6. The molecule has 3 aromatic heterocycles. The number of nitrogens with zero attached hydrogens (tertiary/aromatic N) is 4. The lowest BCUT2D eigenvalue weighted by Gasteiger charge is -2.29. The van der Waals surface area contributed by atoms with E-state index in [2.05, 4.69) is 34.5 Å². The number of nitrogens with one attached hydrogen (secondary N) is 1. The predicted octanol–water partition coefficient (Wildman–Crippen LogP) is 4.57. The van der Waals surface area contributed by atoms with Crippen LogP contribution in [0.4, 0.5) is 0 Å². The van der Waals surface area contributed by atoms with Crippen molar-refractivity contribution in [3.63, 3.8) is 0 Å². The van der Waals surface area contributed by atoms with Crippen LogP contribution >= 0.6 is 0 Å². The minimum atomic E-state index is 0.0591. The summed E-state index contributed by atoms with van der Waals surface area (Å²) in [5, 5.41) is 10.8. The number of carbonyl (C=O) groups is 1. The number of rotatable bonds is 8. The van der Waals surface area contributed by atoms with Crippen LogP contribution in [0.1, 0.15) is 80.8 Å². The number of aryl methyl sites for hydroxylation is 2. The molecule has 170 valence electrons. The van der Waals surface area contributed by atoms with Crippen LogP contribution < -0.4 is 5.32 Å². The third-order valence-electron chi connectivity index (χ3n) is 6.16. The van der Waals surface area contributed by atoms with Crippen molar-refractivity contribution in [3.05, 3.63) is 47.5 Å². The fourth-order valence-corrected chi connectivity index (χ4v) is 4.27. The summed E-state index contributed by atoms with van der Waals surface area (Å²) in [4.78, 5) is 21.7. The van der Waals surface area contributed by atoms with Gasteiger partial charge in [0.05, 0.1) is 23.1 Å². The van der Waals surface area contributed by atoms with Gasteiger partial charge in [0.25, 0.3) is 0 Å². The second kappa shape index (κ2) is 10.1. The van der Waals surface area contributed by atoms with Crippen LogP contribution in [0.15, 0.2) is 33.6 Å². The lowest BCUT2D eigenvalue weighted by atomic mass is 9.79. The molecule has 32 heavy (non-hydrogen) atoms. The SMILES string of the molecule is Cc1cc(-c2cnc(C(C)C)nc2C2CCC(CNC(=O)CCc3ccno3)CC2)on1. The van der Waals surface area contributed by atoms with Crippen LogP contribution in [-0.4, -0.2) is 32.7 Å². The monoisotopic (exact) mass is 437 g/mol. The number of aromatic nitrogens is 4. The van der Waals surface area contributed by atoms with Gasteiger partial charge in [-0.2, -0.15) is 0 Å². The average Bonchev–Trinajstić information content (AvgIpc) is 3.48. The van der Waals surface area contributed by atoms with Gasteiger partial charge in [0.15, 0.2) is 5.76 Å². The zero-order valence-corrected chi connectivity index (χ0v) is 19.0. The smallest absolute Gasteiger partial charge is 0.220 e. The van der Waals surface area contributed by atoms with Crippen LogP contribution in [0, 0.1) is 12.8 Å². The maximum absolute atomic E-state index is 12.2. The normalized spacial score (nSPS) is 18.8. The number of hydrogen-bond donors (Lipinski definition) is 1. The summed E-state index contributed by atoms with van der Waals surface area (Å²) in [6, 6.07) is 3.73. The van der Waals surface area contributed by atoms with Crippen molar-refractivity contribution >= 4 is 5.91 Å². The van der Waals surface area contributed by atoms with E-state index in [1.54, 1.807) is 12.3 Å². The van der Waals surface area contributed by atoms with E-state index in [1.165, 1.54) is 0 Å². The van der Waals surface area contributed by atoms with Gasteiger partial charge in [0.2, 0.25) is 5.91 Å². The lowest BCUT2D eigenvalue weighted by molar-refractivity contribution is -0.121.